The number of carboxylic acid groups (broad SMARTS) is 1. The molecule has 0 aliphatic carbocycles. The summed E-state index contributed by atoms with van der Waals surface area (Å²) in [4.78, 5) is 36.7. The minimum Gasteiger partial charge on any atom is -0.545 e. The Kier molecular flexibility index (Phi) is 4.81. The Hall–Kier alpha value is -3.06. The molecule has 2 aromatic rings. The fourth-order valence-electron chi connectivity index (χ4n) is 2.61. The molecule has 0 unspecified atom stereocenters. The van der Waals surface area contributed by atoms with Gasteiger partial charge in [-0.3, -0.25) is 14.5 Å². The van der Waals surface area contributed by atoms with Crippen LogP contribution < -0.4 is 20.1 Å². The molecule has 26 heavy (non-hydrogen) atoms. The normalized spacial score (nSPS) is 13.0. The third kappa shape index (κ3) is 3.62. The Morgan fingerprint density at radius 3 is 2.73 bits per heavy atom. The van der Waals surface area contributed by atoms with Crippen molar-refractivity contribution in [3.05, 3.63) is 52.5 Å². The highest BCUT2D eigenvalue weighted by molar-refractivity contribution is 6.31. The second-order valence-corrected chi connectivity index (χ2v) is 6.18. The molecule has 0 saturated heterocycles. The van der Waals surface area contributed by atoms with Gasteiger partial charge in [0, 0.05) is 10.7 Å². The Morgan fingerprint density at radius 2 is 2.04 bits per heavy atom. The number of carboxylic acids is 1. The van der Waals surface area contributed by atoms with Crippen LogP contribution in [0.1, 0.15) is 15.9 Å². The maximum atomic E-state index is 12.4. The van der Waals surface area contributed by atoms with Crippen LogP contribution in [0.5, 0.6) is 5.75 Å². The average Bonchev–Trinajstić information content (AvgIpc) is 2.59. The molecule has 0 aromatic heterocycles. The van der Waals surface area contributed by atoms with Gasteiger partial charge in [-0.15, -0.1) is 0 Å². The van der Waals surface area contributed by atoms with E-state index >= 15 is 0 Å². The predicted octanol–water partition coefficient (Wildman–Crippen LogP) is 1.38. The van der Waals surface area contributed by atoms with E-state index in [1.165, 1.54) is 23.1 Å². The number of aromatic carboxylic acids is 1. The number of aryl methyl sites for hydroxylation is 1. The first-order valence-corrected chi connectivity index (χ1v) is 8.07. The molecule has 2 amide bonds. The fourth-order valence-corrected chi connectivity index (χ4v) is 2.78. The summed E-state index contributed by atoms with van der Waals surface area (Å²) in [6.45, 7) is 1.27. The monoisotopic (exact) mass is 373 g/mol. The largest absolute Gasteiger partial charge is 0.545 e. The summed E-state index contributed by atoms with van der Waals surface area (Å²) in [6, 6.07) is 9.05. The number of halogens is 1. The molecule has 2 aromatic carbocycles. The maximum absolute atomic E-state index is 12.4. The summed E-state index contributed by atoms with van der Waals surface area (Å²) in [6.07, 6.45) is 0. The van der Waals surface area contributed by atoms with E-state index in [4.69, 9.17) is 16.3 Å². The molecule has 0 bridgehead atoms. The van der Waals surface area contributed by atoms with Gasteiger partial charge in [-0.1, -0.05) is 17.7 Å². The first-order valence-electron chi connectivity index (χ1n) is 7.69. The molecular formula is C18H14ClN2O5-. The second-order valence-electron chi connectivity index (χ2n) is 5.75. The van der Waals surface area contributed by atoms with Gasteiger partial charge in [-0.05, 0) is 48.4 Å². The lowest BCUT2D eigenvalue weighted by Crippen LogP contribution is -2.43. The number of benzene rings is 2. The highest BCUT2D eigenvalue weighted by Crippen LogP contribution is 2.34. The zero-order chi connectivity index (χ0) is 18.8. The van der Waals surface area contributed by atoms with Gasteiger partial charge in [0.15, 0.2) is 6.61 Å². The molecule has 3 rings (SSSR count). The van der Waals surface area contributed by atoms with Crippen LogP contribution in [0, 0.1) is 6.92 Å². The highest BCUT2D eigenvalue weighted by Gasteiger charge is 2.27. The van der Waals surface area contributed by atoms with Crippen molar-refractivity contribution in [2.45, 2.75) is 6.92 Å². The lowest BCUT2D eigenvalue weighted by Gasteiger charge is -2.29. The second kappa shape index (κ2) is 7.05. The topological polar surface area (TPSA) is 98.8 Å². The number of carbonyl (C=O) groups excluding carboxylic acids is 3. The van der Waals surface area contributed by atoms with Gasteiger partial charge in [0.1, 0.15) is 12.3 Å². The lowest BCUT2D eigenvalue weighted by atomic mass is 10.1. The average molecular weight is 374 g/mol. The van der Waals surface area contributed by atoms with E-state index in [-0.39, 0.29) is 24.6 Å². The number of rotatable bonds is 4. The van der Waals surface area contributed by atoms with Crippen molar-refractivity contribution >= 4 is 40.8 Å². The number of hydrogen-bond donors (Lipinski definition) is 1. The van der Waals surface area contributed by atoms with Gasteiger partial charge in [-0.2, -0.15) is 0 Å². The summed E-state index contributed by atoms with van der Waals surface area (Å²) in [5.41, 5.74) is 1.46. The minimum atomic E-state index is -1.29. The highest BCUT2D eigenvalue weighted by atomic mass is 35.5. The summed E-state index contributed by atoms with van der Waals surface area (Å²) in [7, 11) is 0. The standard InChI is InChI=1S/C18H15ClN2O5/c1-10-6-11(18(24)25)2-4-13(10)20-16(22)8-21-14-7-12(19)3-5-15(14)26-9-17(21)23/h2-7H,8-9H2,1H3,(H,20,22)(H,24,25)/p-1. The molecule has 7 nitrogen and oxygen atoms in total. The van der Waals surface area contributed by atoms with Crippen LogP contribution in [0.3, 0.4) is 0 Å². The van der Waals surface area contributed by atoms with Crippen LogP contribution in [0.4, 0.5) is 11.4 Å². The van der Waals surface area contributed by atoms with Crippen LogP contribution in [-0.4, -0.2) is 30.9 Å². The molecule has 0 fully saturated rings. The number of hydrogen-bond acceptors (Lipinski definition) is 5. The Labute approximate surface area is 154 Å². The van der Waals surface area contributed by atoms with Gasteiger partial charge >= 0.3 is 0 Å². The third-order valence-corrected chi connectivity index (χ3v) is 4.14. The minimum absolute atomic E-state index is 0.0208. The van der Waals surface area contributed by atoms with E-state index in [0.29, 0.717) is 27.7 Å². The van der Waals surface area contributed by atoms with E-state index < -0.39 is 11.9 Å². The molecule has 0 atom stereocenters. The van der Waals surface area contributed by atoms with Gasteiger partial charge in [-0.25, -0.2) is 0 Å². The molecule has 1 N–H and O–H groups in total. The third-order valence-electron chi connectivity index (χ3n) is 3.90. The lowest BCUT2D eigenvalue weighted by molar-refractivity contribution is -0.255. The summed E-state index contributed by atoms with van der Waals surface area (Å²) >= 11 is 5.97. The van der Waals surface area contributed by atoms with E-state index in [1.807, 2.05) is 0 Å². The zero-order valence-corrected chi connectivity index (χ0v) is 14.5. The van der Waals surface area contributed by atoms with Crippen LogP contribution in [-0.2, 0) is 9.59 Å². The summed E-state index contributed by atoms with van der Waals surface area (Å²) < 4.78 is 5.33. The molecular weight excluding hydrogens is 360 g/mol. The molecule has 0 saturated carbocycles. The molecule has 1 heterocycles. The predicted molar refractivity (Wildman–Crippen MR) is 93.4 cm³/mol. The first kappa shape index (κ1) is 17.8. The number of fused-ring (bicyclic) bond motifs is 1. The molecule has 8 heteroatoms. The number of carbonyl (C=O) groups is 3. The van der Waals surface area contributed by atoms with Crippen molar-refractivity contribution in [1.29, 1.82) is 0 Å². The zero-order valence-electron chi connectivity index (χ0n) is 13.7. The molecule has 0 radical (unpaired) electrons. The quantitative estimate of drug-likeness (QED) is 0.872. The van der Waals surface area contributed by atoms with Crippen molar-refractivity contribution in [3.8, 4) is 5.75 Å². The van der Waals surface area contributed by atoms with E-state index in [9.17, 15) is 19.5 Å². The first-order chi connectivity index (χ1) is 12.3. The van der Waals surface area contributed by atoms with Crippen LogP contribution >= 0.6 is 11.6 Å². The number of amides is 2. The van der Waals surface area contributed by atoms with Crippen molar-refractivity contribution in [3.63, 3.8) is 0 Å². The van der Waals surface area contributed by atoms with Crippen molar-refractivity contribution in [1.82, 2.24) is 0 Å². The van der Waals surface area contributed by atoms with Crippen molar-refractivity contribution < 1.29 is 24.2 Å². The number of anilines is 2. The maximum Gasteiger partial charge on any atom is 0.265 e. The molecule has 1 aliphatic heterocycles. The van der Waals surface area contributed by atoms with Gasteiger partial charge in [0.25, 0.3) is 5.91 Å². The fraction of sp³-hybridized carbons (Fsp3) is 0.167. The van der Waals surface area contributed by atoms with E-state index in [1.54, 1.807) is 25.1 Å². The van der Waals surface area contributed by atoms with Crippen LogP contribution in [0.25, 0.3) is 0 Å². The van der Waals surface area contributed by atoms with E-state index in [2.05, 4.69) is 5.32 Å². The number of nitrogens with one attached hydrogen (secondary N) is 1. The Balaban J connectivity index is 1.77. The SMILES string of the molecule is Cc1cc(C(=O)[O-])ccc1NC(=O)CN1C(=O)COc2ccc(Cl)cc21. The van der Waals surface area contributed by atoms with Crippen molar-refractivity contribution in [2.24, 2.45) is 0 Å². The molecule has 1 aliphatic rings. The number of nitrogens with zero attached hydrogens (tertiary/aromatic N) is 1. The Bertz CT molecular complexity index is 912. The summed E-state index contributed by atoms with van der Waals surface area (Å²) in [5.74, 6) is -1.62. The van der Waals surface area contributed by atoms with Crippen molar-refractivity contribution in [2.75, 3.05) is 23.4 Å². The van der Waals surface area contributed by atoms with Crippen LogP contribution in [0.15, 0.2) is 36.4 Å². The number of ether oxygens (including phenoxy) is 1. The van der Waals surface area contributed by atoms with Gasteiger partial charge in [0.05, 0.1) is 11.7 Å². The van der Waals surface area contributed by atoms with Crippen LogP contribution in [0.2, 0.25) is 5.02 Å². The van der Waals surface area contributed by atoms with E-state index in [0.717, 1.165) is 0 Å². The smallest absolute Gasteiger partial charge is 0.265 e. The summed E-state index contributed by atoms with van der Waals surface area (Å²) in [5, 5.41) is 14.0. The molecule has 134 valence electrons. The van der Waals surface area contributed by atoms with Gasteiger partial charge in [0.2, 0.25) is 5.91 Å². The molecule has 0 spiro atoms. The Morgan fingerprint density at radius 1 is 1.27 bits per heavy atom. The van der Waals surface area contributed by atoms with Gasteiger partial charge < -0.3 is 20.0 Å².